The molecule has 0 bridgehead atoms. The Morgan fingerprint density at radius 1 is 1.12 bits per heavy atom. The molecule has 1 aliphatic rings. The summed E-state index contributed by atoms with van der Waals surface area (Å²) in [5.74, 6) is 0.0152. The topological polar surface area (TPSA) is 93.8 Å². The molecule has 9 heteroatoms. The number of amides is 2. The number of hydrogen-bond donors (Lipinski definition) is 2. The maximum atomic E-state index is 12.4. The van der Waals surface area contributed by atoms with Gasteiger partial charge >= 0.3 is 0 Å². The van der Waals surface area contributed by atoms with Crippen LogP contribution in [0.4, 0.5) is 5.69 Å². The first kappa shape index (κ1) is 22.1. The van der Waals surface area contributed by atoms with Crippen molar-refractivity contribution in [1.82, 2.24) is 24.6 Å². The number of anilines is 1. The molecule has 0 spiro atoms. The number of nitrogens with one attached hydrogen (secondary N) is 2. The van der Waals surface area contributed by atoms with Crippen molar-refractivity contribution in [3.8, 4) is 5.69 Å². The first-order valence-corrected chi connectivity index (χ1v) is 11.8. The lowest BCUT2D eigenvalue weighted by Gasteiger charge is -2.11. The smallest absolute Gasteiger partial charge is 0.241 e. The maximum Gasteiger partial charge on any atom is 0.241 e. The normalized spacial score (nSPS) is 13.9. The molecule has 1 saturated carbocycles. The van der Waals surface area contributed by atoms with Crippen LogP contribution in [0.15, 0.2) is 48.1 Å². The van der Waals surface area contributed by atoms with Crippen molar-refractivity contribution in [3.63, 3.8) is 0 Å². The first-order valence-electron chi connectivity index (χ1n) is 10.8. The Labute approximate surface area is 191 Å². The number of aromatic nitrogens is 4. The van der Waals surface area contributed by atoms with Gasteiger partial charge < -0.3 is 10.6 Å². The summed E-state index contributed by atoms with van der Waals surface area (Å²) in [6.45, 7) is 4.27. The van der Waals surface area contributed by atoms with Crippen molar-refractivity contribution in [2.45, 2.75) is 57.3 Å². The average Bonchev–Trinajstić information content (AvgIpc) is 3.48. The van der Waals surface area contributed by atoms with E-state index in [1.807, 2.05) is 10.8 Å². The molecule has 0 atom stereocenters. The van der Waals surface area contributed by atoms with Gasteiger partial charge in [0, 0.05) is 30.3 Å². The van der Waals surface area contributed by atoms with Gasteiger partial charge in [0.05, 0.1) is 17.6 Å². The molecular weight excluding hydrogens is 424 g/mol. The predicted molar refractivity (Wildman–Crippen MR) is 125 cm³/mol. The highest BCUT2D eigenvalue weighted by Gasteiger charge is 2.17. The van der Waals surface area contributed by atoms with Crippen LogP contribution in [0.2, 0.25) is 0 Å². The third-order valence-corrected chi connectivity index (χ3v) is 6.33. The summed E-state index contributed by atoms with van der Waals surface area (Å²) in [4.78, 5) is 29.0. The van der Waals surface area contributed by atoms with Crippen molar-refractivity contribution in [2.24, 2.45) is 0 Å². The highest BCUT2D eigenvalue weighted by Crippen LogP contribution is 2.22. The Kier molecular flexibility index (Phi) is 6.94. The van der Waals surface area contributed by atoms with E-state index in [1.54, 1.807) is 23.3 Å². The summed E-state index contributed by atoms with van der Waals surface area (Å²) in [6.07, 6.45) is 11.3. The molecule has 1 fully saturated rings. The zero-order valence-electron chi connectivity index (χ0n) is 18.4. The minimum atomic E-state index is -0.153. The van der Waals surface area contributed by atoms with Crippen LogP contribution in [-0.2, 0) is 16.1 Å². The molecule has 168 valence electrons. The van der Waals surface area contributed by atoms with Crippen molar-refractivity contribution in [2.75, 3.05) is 11.1 Å². The van der Waals surface area contributed by atoms with Gasteiger partial charge in [-0.3, -0.25) is 18.8 Å². The van der Waals surface area contributed by atoms with Gasteiger partial charge in [-0.2, -0.15) is 5.10 Å². The zero-order valence-corrected chi connectivity index (χ0v) is 19.2. The fourth-order valence-corrected chi connectivity index (χ4v) is 4.79. The van der Waals surface area contributed by atoms with E-state index in [4.69, 9.17) is 0 Å². The summed E-state index contributed by atoms with van der Waals surface area (Å²) in [7, 11) is 0. The maximum absolute atomic E-state index is 12.4. The minimum Gasteiger partial charge on any atom is -0.352 e. The van der Waals surface area contributed by atoms with Gasteiger partial charge in [0.15, 0.2) is 5.16 Å². The standard InChI is InChI=1S/C23H28N6O2S/c1-16-9-17(2)11-20(10-16)29-8-7-24-23(29)32-15-22(31)27-19-12-25-28(13-19)14-21(30)26-18-5-3-4-6-18/h7-13,18H,3-6,14-15H2,1-2H3,(H,26,30)(H,27,31). The Hall–Kier alpha value is -3.07. The van der Waals surface area contributed by atoms with Gasteiger partial charge in [0.1, 0.15) is 6.54 Å². The molecule has 0 unspecified atom stereocenters. The zero-order chi connectivity index (χ0) is 22.5. The van der Waals surface area contributed by atoms with Gasteiger partial charge in [0.2, 0.25) is 11.8 Å². The van der Waals surface area contributed by atoms with Gasteiger partial charge in [-0.1, -0.05) is 30.7 Å². The Morgan fingerprint density at radius 2 is 1.88 bits per heavy atom. The molecule has 1 aliphatic carbocycles. The van der Waals surface area contributed by atoms with E-state index in [9.17, 15) is 9.59 Å². The van der Waals surface area contributed by atoms with Crippen LogP contribution in [0.3, 0.4) is 0 Å². The van der Waals surface area contributed by atoms with Crippen LogP contribution in [0.5, 0.6) is 0 Å². The Bertz CT molecular complexity index is 1080. The Balaban J connectivity index is 1.29. The lowest BCUT2D eigenvalue weighted by molar-refractivity contribution is -0.122. The number of nitrogens with zero attached hydrogens (tertiary/aromatic N) is 4. The molecule has 0 aliphatic heterocycles. The van der Waals surface area contributed by atoms with E-state index in [1.165, 1.54) is 35.7 Å². The number of benzene rings is 1. The lowest BCUT2D eigenvalue weighted by Crippen LogP contribution is -2.35. The fourth-order valence-electron chi connectivity index (χ4n) is 4.02. The molecule has 1 aromatic carbocycles. The van der Waals surface area contributed by atoms with Crippen molar-refractivity contribution in [3.05, 3.63) is 54.1 Å². The predicted octanol–water partition coefficient (Wildman–Crippen LogP) is 3.48. The molecular formula is C23H28N6O2S. The Morgan fingerprint density at radius 3 is 2.62 bits per heavy atom. The highest BCUT2D eigenvalue weighted by atomic mass is 32.2. The summed E-state index contributed by atoms with van der Waals surface area (Å²) < 4.78 is 3.53. The van der Waals surface area contributed by atoms with E-state index >= 15 is 0 Å². The van der Waals surface area contributed by atoms with E-state index in [2.05, 4.69) is 52.8 Å². The van der Waals surface area contributed by atoms with Crippen molar-refractivity contribution < 1.29 is 9.59 Å². The number of carbonyl (C=O) groups is 2. The van der Waals surface area contributed by atoms with Crippen LogP contribution < -0.4 is 10.6 Å². The van der Waals surface area contributed by atoms with E-state index in [0.29, 0.717) is 5.69 Å². The molecule has 2 amide bonds. The third kappa shape index (κ3) is 5.79. The number of hydrogen-bond acceptors (Lipinski definition) is 5. The third-order valence-electron chi connectivity index (χ3n) is 5.37. The summed E-state index contributed by atoms with van der Waals surface area (Å²) in [5, 5.41) is 10.8. The molecule has 32 heavy (non-hydrogen) atoms. The van der Waals surface area contributed by atoms with Gasteiger partial charge in [0.25, 0.3) is 0 Å². The minimum absolute atomic E-state index is 0.0494. The second-order valence-electron chi connectivity index (χ2n) is 8.24. The van der Waals surface area contributed by atoms with Crippen LogP contribution in [0.25, 0.3) is 5.69 Å². The van der Waals surface area contributed by atoms with Gasteiger partial charge in [-0.05, 0) is 49.9 Å². The van der Waals surface area contributed by atoms with Crippen LogP contribution >= 0.6 is 11.8 Å². The van der Waals surface area contributed by atoms with E-state index < -0.39 is 0 Å². The van der Waals surface area contributed by atoms with Crippen LogP contribution in [0.1, 0.15) is 36.8 Å². The quantitative estimate of drug-likeness (QED) is 0.511. The lowest BCUT2D eigenvalue weighted by atomic mass is 10.1. The molecule has 0 saturated heterocycles. The number of thioether (sulfide) groups is 1. The van der Waals surface area contributed by atoms with Crippen molar-refractivity contribution >= 4 is 29.3 Å². The first-order chi connectivity index (χ1) is 15.5. The average molecular weight is 453 g/mol. The second-order valence-corrected chi connectivity index (χ2v) is 9.18. The fraction of sp³-hybridized carbons (Fsp3) is 0.391. The molecule has 8 nitrogen and oxygen atoms in total. The monoisotopic (exact) mass is 452 g/mol. The summed E-state index contributed by atoms with van der Waals surface area (Å²) in [6, 6.07) is 6.59. The second kappa shape index (κ2) is 10.0. The van der Waals surface area contributed by atoms with Gasteiger partial charge in [-0.15, -0.1) is 0 Å². The summed E-state index contributed by atoms with van der Waals surface area (Å²) in [5.41, 5.74) is 3.95. The summed E-state index contributed by atoms with van der Waals surface area (Å²) >= 11 is 1.37. The van der Waals surface area contributed by atoms with E-state index in [0.717, 1.165) is 23.7 Å². The van der Waals surface area contributed by atoms with Crippen LogP contribution in [0, 0.1) is 13.8 Å². The molecule has 4 rings (SSSR count). The molecule has 0 radical (unpaired) electrons. The molecule has 2 heterocycles. The SMILES string of the molecule is Cc1cc(C)cc(-n2ccnc2SCC(=O)Nc2cnn(CC(=O)NC3CCCC3)c2)c1. The number of aryl methyl sites for hydroxylation is 2. The largest absolute Gasteiger partial charge is 0.352 e. The molecule has 2 N–H and O–H groups in total. The number of imidazole rings is 1. The van der Waals surface area contributed by atoms with Crippen LogP contribution in [-0.4, -0.2) is 42.9 Å². The number of rotatable bonds is 8. The van der Waals surface area contributed by atoms with E-state index in [-0.39, 0.29) is 30.2 Å². The highest BCUT2D eigenvalue weighted by molar-refractivity contribution is 7.99. The van der Waals surface area contributed by atoms with Crippen molar-refractivity contribution in [1.29, 1.82) is 0 Å². The molecule has 2 aromatic heterocycles. The van der Waals surface area contributed by atoms with Gasteiger partial charge in [-0.25, -0.2) is 4.98 Å². The molecule has 3 aromatic rings. The number of carbonyl (C=O) groups excluding carboxylic acids is 2.